The van der Waals surface area contributed by atoms with Gasteiger partial charge in [-0.3, -0.25) is 20.4 Å². The summed E-state index contributed by atoms with van der Waals surface area (Å²) in [6.45, 7) is 3.21. The molecule has 208 valence electrons. The number of amides is 1. The highest BCUT2D eigenvalue weighted by atomic mass is 32.2. The van der Waals surface area contributed by atoms with Gasteiger partial charge in [0.1, 0.15) is 28.7 Å². The topological polar surface area (TPSA) is 153 Å². The maximum atomic E-state index is 13.6. The molecule has 0 aliphatic heterocycles. The van der Waals surface area contributed by atoms with Gasteiger partial charge in [-0.2, -0.15) is 0 Å². The Balaban J connectivity index is 1.97. The SMILES string of the molecule is COc1cccc(OC)c1/N=C(/NNC(=O)c1cccc(F)c1)NS(=O)(=O)[C@@H](C)[C@H](OC)c1ncc(C)cn1. The number of rotatable bonds is 9. The molecule has 3 N–H and O–H groups in total. The van der Waals surface area contributed by atoms with Crippen LogP contribution in [-0.4, -0.2) is 56.8 Å². The normalized spacial score (nSPS) is 13.2. The molecule has 3 aromatic rings. The number of aryl methyl sites for hydroxylation is 1. The van der Waals surface area contributed by atoms with Crippen molar-refractivity contribution in [1.29, 1.82) is 0 Å². The van der Waals surface area contributed by atoms with Crippen LogP contribution in [0.5, 0.6) is 11.5 Å². The second-order valence-corrected chi connectivity index (χ2v) is 10.2. The van der Waals surface area contributed by atoms with Crippen molar-refractivity contribution in [3.05, 3.63) is 77.6 Å². The summed E-state index contributed by atoms with van der Waals surface area (Å²) in [5.74, 6) is -1.08. The second-order valence-electron chi connectivity index (χ2n) is 8.19. The second kappa shape index (κ2) is 13.0. The van der Waals surface area contributed by atoms with Crippen LogP contribution >= 0.6 is 0 Å². The Morgan fingerprint density at radius 2 is 1.62 bits per heavy atom. The van der Waals surface area contributed by atoms with E-state index >= 15 is 0 Å². The van der Waals surface area contributed by atoms with Crippen LogP contribution in [0.25, 0.3) is 0 Å². The molecule has 0 radical (unpaired) electrons. The van der Waals surface area contributed by atoms with Crippen LogP contribution in [0.1, 0.15) is 34.8 Å². The Labute approximate surface area is 225 Å². The summed E-state index contributed by atoms with van der Waals surface area (Å²) in [7, 11) is -0.0967. The van der Waals surface area contributed by atoms with Gasteiger partial charge < -0.3 is 14.2 Å². The van der Waals surface area contributed by atoms with Crippen molar-refractivity contribution in [2.45, 2.75) is 25.2 Å². The largest absolute Gasteiger partial charge is 0.494 e. The van der Waals surface area contributed by atoms with Crippen molar-refractivity contribution >= 4 is 27.6 Å². The molecule has 1 amide bonds. The summed E-state index contributed by atoms with van der Waals surface area (Å²) in [4.78, 5) is 25.3. The van der Waals surface area contributed by atoms with Crippen LogP contribution in [0, 0.1) is 12.7 Å². The quantitative estimate of drug-likeness (QED) is 0.204. The lowest BCUT2D eigenvalue weighted by Gasteiger charge is -2.23. The third-order valence-corrected chi connectivity index (χ3v) is 7.17. The number of hydrazine groups is 1. The van der Waals surface area contributed by atoms with Crippen molar-refractivity contribution in [2.75, 3.05) is 21.3 Å². The minimum atomic E-state index is -4.25. The van der Waals surface area contributed by atoms with Gasteiger partial charge in [-0.05, 0) is 49.7 Å². The Morgan fingerprint density at radius 1 is 1.00 bits per heavy atom. The maximum absolute atomic E-state index is 13.6. The first kappa shape index (κ1) is 29.3. The number of aromatic nitrogens is 2. The summed E-state index contributed by atoms with van der Waals surface area (Å²) < 4.78 is 58.9. The van der Waals surface area contributed by atoms with Gasteiger partial charge in [0.25, 0.3) is 5.91 Å². The number of carbonyl (C=O) groups is 1. The van der Waals surface area contributed by atoms with E-state index in [-0.39, 0.29) is 28.6 Å². The van der Waals surface area contributed by atoms with Crippen molar-refractivity contribution in [2.24, 2.45) is 4.99 Å². The zero-order valence-electron chi connectivity index (χ0n) is 21.9. The van der Waals surface area contributed by atoms with E-state index in [9.17, 15) is 17.6 Å². The molecule has 0 unspecified atom stereocenters. The summed E-state index contributed by atoms with van der Waals surface area (Å²) >= 11 is 0. The fourth-order valence-electron chi connectivity index (χ4n) is 3.39. The number of para-hydroxylation sites is 1. The number of nitrogens with zero attached hydrogens (tertiary/aromatic N) is 3. The number of guanidine groups is 1. The highest BCUT2D eigenvalue weighted by molar-refractivity contribution is 7.90. The van der Waals surface area contributed by atoms with Crippen molar-refractivity contribution in [3.8, 4) is 11.5 Å². The molecule has 1 aromatic heterocycles. The number of ether oxygens (including phenoxy) is 3. The molecule has 39 heavy (non-hydrogen) atoms. The number of sulfonamides is 1. The average molecular weight is 561 g/mol. The number of aliphatic imine (C=N–C) groups is 1. The number of methoxy groups -OCH3 is 3. The van der Waals surface area contributed by atoms with Crippen molar-refractivity contribution in [3.63, 3.8) is 0 Å². The number of hydrogen-bond acceptors (Lipinski definition) is 9. The molecule has 0 bridgehead atoms. The van der Waals surface area contributed by atoms with Crippen LogP contribution in [0.3, 0.4) is 0 Å². The lowest BCUT2D eigenvalue weighted by Crippen LogP contribution is -2.51. The van der Waals surface area contributed by atoms with E-state index in [0.29, 0.717) is 0 Å². The Morgan fingerprint density at radius 3 is 2.18 bits per heavy atom. The standard InChI is InChI=1S/C25H29FN6O6S/c1-15-13-27-23(28-14-15)22(38-5)16(2)39(34,35)32-25(29-21-19(36-3)10-7-11-20(21)37-4)31-30-24(33)17-8-6-9-18(26)12-17/h6-14,16,22H,1-5H3,(H,30,33)(H2,29,31,32)/t16-,22-/m0/s1. The van der Waals surface area contributed by atoms with Crippen LogP contribution in [0.2, 0.25) is 0 Å². The van der Waals surface area contributed by atoms with Crippen molar-refractivity contribution in [1.82, 2.24) is 25.5 Å². The van der Waals surface area contributed by atoms with Gasteiger partial charge in [0.2, 0.25) is 16.0 Å². The van der Waals surface area contributed by atoms with Gasteiger partial charge in [0, 0.05) is 25.1 Å². The molecule has 3 rings (SSSR count). The molecule has 0 aliphatic carbocycles. The van der Waals surface area contributed by atoms with E-state index < -0.39 is 39.1 Å². The predicted molar refractivity (Wildman–Crippen MR) is 142 cm³/mol. The van der Waals surface area contributed by atoms with Gasteiger partial charge in [0.15, 0.2) is 11.5 Å². The monoisotopic (exact) mass is 560 g/mol. The first-order valence-electron chi connectivity index (χ1n) is 11.5. The van der Waals surface area contributed by atoms with Gasteiger partial charge in [-0.1, -0.05) is 12.1 Å². The average Bonchev–Trinajstić information content (AvgIpc) is 2.92. The molecule has 14 heteroatoms. The molecular weight excluding hydrogens is 531 g/mol. The molecule has 12 nitrogen and oxygen atoms in total. The molecule has 0 fully saturated rings. The lowest BCUT2D eigenvalue weighted by atomic mass is 10.2. The fourth-order valence-corrected chi connectivity index (χ4v) is 4.50. The molecule has 0 saturated carbocycles. The predicted octanol–water partition coefficient (Wildman–Crippen LogP) is 2.56. The molecular formula is C25H29FN6O6S. The van der Waals surface area contributed by atoms with Crippen LogP contribution < -0.4 is 25.0 Å². The molecule has 1 heterocycles. The highest BCUT2D eigenvalue weighted by Gasteiger charge is 2.34. The number of nitrogens with one attached hydrogen (secondary N) is 3. The van der Waals surface area contributed by atoms with E-state index in [0.717, 1.165) is 11.6 Å². The summed E-state index contributed by atoms with van der Waals surface area (Å²) in [5, 5.41) is -1.21. The summed E-state index contributed by atoms with van der Waals surface area (Å²) in [5.41, 5.74) is 5.68. The Bertz CT molecular complexity index is 1410. The van der Waals surface area contributed by atoms with E-state index in [1.165, 1.54) is 46.5 Å². The molecule has 2 aromatic carbocycles. The number of benzene rings is 2. The zero-order valence-corrected chi connectivity index (χ0v) is 22.7. The zero-order chi connectivity index (χ0) is 28.6. The van der Waals surface area contributed by atoms with Crippen molar-refractivity contribution < 1.29 is 31.8 Å². The van der Waals surface area contributed by atoms with Crippen LogP contribution in [0.15, 0.2) is 59.9 Å². The molecule has 2 atom stereocenters. The van der Waals surface area contributed by atoms with E-state index in [1.807, 2.05) is 0 Å². The lowest BCUT2D eigenvalue weighted by molar-refractivity contribution is 0.0939. The Hall–Kier alpha value is -4.30. The van der Waals surface area contributed by atoms with Crippen LogP contribution in [0.4, 0.5) is 10.1 Å². The van der Waals surface area contributed by atoms with E-state index in [1.54, 1.807) is 37.5 Å². The maximum Gasteiger partial charge on any atom is 0.269 e. The molecule has 0 spiro atoms. The molecule has 0 aliphatic rings. The summed E-state index contributed by atoms with van der Waals surface area (Å²) in [6, 6.07) is 9.80. The Kier molecular flexibility index (Phi) is 9.73. The van der Waals surface area contributed by atoms with Gasteiger partial charge in [-0.25, -0.2) is 27.8 Å². The molecule has 0 saturated heterocycles. The van der Waals surface area contributed by atoms with Gasteiger partial charge >= 0.3 is 0 Å². The van der Waals surface area contributed by atoms with E-state index in [4.69, 9.17) is 14.2 Å². The third-order valence-electron chi connectivity index (χ3n) is 5.47. The van der Waals surface area contributed by atoms with Gasteiger partial charge in [0.05, 0.1) is 14.2 Å². The summed E-state index contributed by atoms with van der Waals surface area (Å²) in [6.07, 6.45) is 2.06. The number of hydrogen-bond donors (Lipinski definition) is 3. The first-order valence-corrected chi connectivity index (χ1v) is 13.1. The smallest absolute Gasteiger partial charge is 0.269 e. The number of carbonyl (C=O) groups excluding carboxylic acids is 1. The fraction of sp³-hybridized carbons (Fsp3) is 0.280. The van der Waals surface area contributed by atoms with Gasteiger partial charge in [-0.15, -0.1) is 0 Å². The highest BCUT2D eigenvalue weighted by Crippen LogP contribution is 2.37. The number of halogens is 1. The minimum absolute atomic E-state index is 0.0103. The van der Waals surface area contributed by atoms with E-state index in [2.05, 4.69) is 30.5 Å². The minimum Gasteiger partial charge on any atom is -0.494 e. The van der Waals surface area contributed by atoms with Crippen LogP contribution in [-0.2, 0) is 14.8 Å². The third kappa shape index (κ3) is 7.39. The first-order chi connectivity index (χ1) is 18.6.